The summed E-state index contributed by atoms with van der Waals surface area (Å²) in [7, 11) is 2.34. The third-order valence-electron chi connectivity index (χ3n) is 6.57. The van der Waals surface area contributed by atoms with Gasteiger partial charge < -0.3 is 29.2 Å². The Hall–Kier alpha value is -1.13. The van der Waals surface area contributed by atoms with Crippen molar-refractivity contribution in [1.29, 1.82) is 0 Å². The summed E-state index contributed by atoms with van der Waals surface area (Å²) in [6, 6.07) is 0. The van der Waals surface area contributed by atoms with E-state index < -0.39 is 42.1 Å². The fraction of sp³-hybridized carbons (Fsp3) is 0.815. The van der Waals surface area contributed by atoms with Crippen molar-refractivity contribution in [3.63, 3.8) is 0 Å². The van der Waals surface area contributed by atoms with Crippen molar-refractivity contribution in [3.8, 4) is 0 Å². The molecular formula is C27H41F4KO10. The molecule has 238 valence electrons. The minimum atomic E-state index is -2.57. The maximum atomic E-state index is 12.8. The molecule has 1 aliphatic heterocycles. The summed E-state index contributed by atoms with van der Waals surface area (Å²) in [4.78, 5) is 51.9. The van der Waals surface area contributed by atoms with E-state index in [1.54, 1.807) is 0 Å². The summed E-state index contributed by atoms with van der Waals surface area (Å²) < 4.78 is 64.1. The average molecular weight is 641 g/mol. The zero-order chi connectivity index (χ0) is 31.5. The Balaban J connectivity index is 0. The van der Waals surface area contributed by atoms with Gasteiger partial charge in [-0.1, -0.05) is 0 Å². The molecular weight excluding hydrogens is 599 g/mol. The van der Waals surface area contributed by atoms with Crippen molar-refractivity contribution in [1.82, 2.24) is 0 Å². The third kappa shape index (κ3) is 24.3. The molecule has 2 aliphatic carbocycles. The van der Waals surface area contributed by atoms with Gasteiger partial charge in [0.25, 0.3) is 0 Å². The van der Waals surface area contributed by atoms with E-state index in [0.717, 1.165) is 20.3 Å². The molecule has 2 saturated carbocycles. The molecule has 1 saturated heterocycles. The van der Waals surface area contributed by atoms with Gasteiger partial charge in [-0.3, -0.25) is 19.2 Å². The molecule has 1 heterocycles. The van der Waals surface area contributed by atoms with E-state index in [1.165, 1.54) is 20.0 Å². The van der Waals surface area contributed by atoms with Crippen LogP contribution < -0.4 is 56.5 Å². The number of rotatable bonds is 8. The van der Waals surface area contributed by atoms with E-state index >= 15 is 0 Å². The normalized spacial score (nSPS) is 19.0. The standard InChI is InChI=1S/C11H16F2O3.C8H12F2O2.C4H6O4.C4H8O.K/c1-16-10(15)7-9(14)6-8-2-4-11(12,13)5-3-8;9-8(10)3-1-6(2-4-8)5-7(11)12;1-8-4(7)2-3(5)6;1-2-4-5-3-1;/h8H,2-7H2,1H3;6H,1-5H2,(H,11,12);2H2,1H3,(H,5,6);1-4H2;/q;;;;+1/p-1. The third-order valence-corrected chi connectivity index (χ3v) is 6.57. The van der Waals surface area contributed by atoms with Crippen LogP contribution in [0, 0.1) is 11.8 Å². The second-order valence-electron chi connectivity index (χ2n) is 10.1. The molecule has 0 atom stereocenters. The fourth-order valence-corrected chi connectivity index (χ4v) is 4.18. The number of esters is 2. The molecule has 10 nitrogen and oxygen atoms in total. The number of hydrogen-bond donors (Lipinski definition) is 1. The monoisotopic (exact) mass is 640 g/mol. The van der Waals surface area contributed by atoms with Crippen LogP contribution in [0.5, 0.6) is 0 Å². The first kappa shape index (κ1) is 43.0. The zero-order valence-electron chi connectivity index (χ0n) is 24.6. The van der Waals surface area contributed by atoms with Crippen LogP contribution in [0.15, 0.2) is 0 Å². The number of ether oxygens (including phenoxy) is 3. The second kappa shape index (κ2) is 23.3. The topological polar surface area (TPSA) is 156 Å². The first-order chi connectivity index (χ1) is 19.1. The number of alkyl halides is 4. The number of halogens is 4. The summed E-state index contributed by atoms with van der Waals surface area (Å²) in [5, 5.41) is 18.0. The molecule has 0 bridgehead atoms. The number of carbonyl (C=O) groups is 5. The molecule has 15 heteroatoms. The number of aliphatic carboxylic acids is 2. The number of Topliss-reactive ketones (excluding diaryl/α,β-unsaturated/α-hetero) is 1. The van der Waals surface area contributed by atoms with E-state index in [2.05, 4.69) is 9.47 Å². The summed E-state index contributed by atoms with van der Waals surface area (Å²) in [5.41, 5.74) is 0. The van der Waals surface area contributed by atoms with E-state index in [0.29, 0.717) is 25.7 Å². The number of carboxylic acids is 2. The van der Waals surface area contributed by atoms with E-state index in [9.17, 15) is 46.6 Å². The van der Waals surface area contributed by atoms with E-state index in [4.69, 9.17) is 9.84 Å². The van der Waals surface area contributed by atoms with Crippen molar-refractivity contribution in [2.24, 2.45) is 11.8 Å². The van der Waals surface area contributed by atoms with Gasteiger partial charge in [0.15, 0.2) is 0 Å². The number of methoxy groups -OCH3 is 2. The predicted octanol–water partition coefficient (Wildman–Crippen LogP) is 0.721. The smallest absolute Gasteiger partial charge is 0.550 e. The summed E-state index contributed by atoms with van der Waals surface area (Å²) in [6.07, 6.45) is 2.71. The first-order valence-corrected chi connectivity index (χ1v) is 13.5. The summed E-state index contributed by atoms with van der Waals surface area (Å²) in [6.45, 7) is 2.00. The van der Waals surface area contributed by atoms with Crippen LogP contribution in [0.25, 0.3) is 0 Å². The van der Waals surface area contributed by atoms with Crippen LogP contribution in [0.3, 0.4) is 0 Å². The SMILES string of the molecule is C1CCOC1.COC(=O)CC(=O)CC1CCC(F)(F)CC1.COC(=O)CC(=O)[O-].O=C(O)CC1CCC(F)(F)CC1.[K+]. The molecule has 0 amide bonds. The van der Waals surface area contributed by atoms with E-state index in [1.807, 2.05) is 0 Å². The summed E-state index contributed by atoms with van der Waals surface area (Å²) in [5.74, 6) is -9.03. The fourth-order valence-electron chi connectivity index (χ4n) is 4.18. The van der Waals surface area contributed by atoms with Crippen LogP contribution >= 0.6 is 0 Å². The Labute approximate surface area is 286 Å². The van der Waals surface area contributed by atoms with Crippen molar-refractivity contribution in [3.05, 3.63) is 0 Å². The Morgan fingerprint density at radius 2 is 1.14 bits per heavy atom. The van der Waals surface area contributed by atoms with Gasteiger partial charge in [0, 0.05) is 51.7 Å². The van der Waals surface area contributed by atoms with Crippen LogP contribution in [-0.4, -0.2) is 74.0 Å². The largest absolute Gasteiger partial charge is 1.00 e. The molecule has 0 aromatic heterocycles. The van der Waals surface area contributed by atoms with Crippen molar-refractivity contribution in [2.75, 3.05) is 27.4 Å². The maximum absolute atomic E-state index is 12.8. The molecule has 0 unspecified atom stereocenters. The van der Waals surface area contributed by atoms with Crippen LogP contribution in [0.2, 0.25) is 0 Å². The van der Waals surface area contributed by atoms with Crippen molar-refractivity contribution in [2.45, 2.75) is 102 Å². The number of hydrogen-bond acceptors (Lipinski definition) is 9. The van der Waals surface area contributed by atoms with Gasteiger partial charge in [0.05, 0.1) is 26.6 Å². The molecule has 1 N–H and O–H groups in total. The minimum absolute atomic E-state index is 0. The van der Waals surface area contributed by atoms with Gasteiger partial charge in [0.2, 0.25) is 11.8 Å². The van der Waals surface area contributed by atoms with Crippen LogP contribution in [0.4, 0.5) is 17.6 Å². The van der Waals surface area contributed by atoms with Gasteiger partial charge in [-0.25, -0.2) is 17.6 Å². The molecule has 0 spiro atoms. The Morgan fingerprint density at radius 1 is 0.762 bits per heavy atom. The summed E-state index contributed by atoms with van der Waals surface area (Å²) >= 11 is 0. The molecule has 0 radical (unpaired) electrons. The Morgan fingerprint density at radius 3 is 1.43 bits per heavy atom. The molecule has 3 aliphatic rings. The maximum Gasteiger partial charge on any atom is 1.00 e. The zero-order valence-corrected chi connectivity index (χ0v) is 27.7. The molecule has 42 heavy (non-hydrogen) atoms. The number of carbonyl (C=O) groups excluding carboxylic acids is 4. The quantitative estimate of drug-likeness (QED) is 0.174. The molecule has 0 aromatic rings. The second-order valence-corrected chi connectivity index (χ2v) is 10.1. The van der Waals surface area contributed by atoms with Crippen LogP contribution in [0.1, 0.15) is 89.9 Å². The average Bonchev–Trinajstić information content (AvgIpc) is 3.47. The first-order valence-electron chi connectivity index (χ1n) is 13.5. The minimum Gasteiger partial charge on any atom is -0.550 e. The molecule has 3 fully saturated rings. The van der Waals surface area contributed by atoms with Crippen LogP contribution in [-0.2, 0) is 38.2 Å². The Kier molecular flexibility index (Phi) is 23.8. The van der Waals surface area contributed by atoms with Gasteiger partial charge in [0.1, 0.15) is 12.2 Å². The number of ketones is 1. The van der Waals surface area contributed by atoms with Gasteiger partial charge in [-0.2, -0.15) is 0 Å². The van der Waals surface area contributed by atoms with Gasteiger partial charge >= 0.3 is 69.3 Å². The molecule has 0 aromatic carbocycles. The predicted molar refractivity (Wildman–Crippen MR) is 134 cm³/mol. The van der Waals surface area contributed by atoms with E-state index in [-0.39, 0.29) is 114 Å². The molecule has 3 rings (SSSR count). The van der Waals surface area contributed by atoms with Gasteiger partial charge in [-0.15, -0.1) is 0 Å². The van der Waals surface area contributed by atoms with Gasteiger partial charge in [-0.05, 0) is 50.4 Å². The van der Waals surface area contributed by atoms with Crippen molar-refractivity contribution >= 4 is 29.7 Å². The number of carboxylic acid groups (broad SMARTS) is 2. The Bertz CT molecular complexity index is 810. The van der Waals surface area contributed by atoms with Crippen molar-refractivity contribution < 1.29 is 117 Å².